The molecule has 0 aromatic heterocycles. The molecule has 0 bridgehead atoms. The van der Waals surface area contributed by atoms with Gasteiger partial charge >= 0.3 is 0 Å². The van der Waals surface area contributed by atoms with E-state index in [1.165, 1.54) is 0 Å². The van der Waals surface area contributed by atoms with Crippen molar-refractivity contribution >= 4 is 10.2 Å². The molecular formula is C17H32O3Si. The summed E-state index contributed by atoms with van der Waals surface area (Å²) in [4.78, 5) is 0. The van der Waals surface area contributed by atoms with Gasteiger partial charge in [0, 0.05) is 12.5 Å². The van der Waals surface area contributed by atoms with Crippen molar-refractivity contribution < 1.29 is 14.2 Å². The summed E-state index contributed by atoms with van der Waals surface area (Å²) in [6, 6.07) is 0. The first-order valence-electron chi connectivity index (χ1n) is 8.44. The van der Waals surface area contributed by atoms with Crippen LogP contribution in [0.15, 0.2) is 24.2 Å². The fourth-order valence-corrected chi connectivity index (χ4v) is 3.47. The Hall–Kier alpha value is -0.743. The summed E-state index contributed by atoms with van der Waals surface area (Å²) >= 11 is 0. The minimum atomic E-state index is -0.286. The fraction of sp³-hybridized carbons (Fsp3) is 0.765. The van der Waals surface area contributed by atoms with Gasteiger partial charge in [0.25, 0.3) is 0 Å². The van der Waals surface area contributed by atoms with Crippen molar-refractivity contribution in [1.82, 2.24) is 0 Å². The molecule has 1 rings (SSSR count). The maximum Gasteiger partial charge on any atom is 0.158 e. The fourth-order valence-electron chi connectivity index (χ4n) is 2.53. The van der Waals surface area contributed by atoms with Gasteiger partial charge in [0.15, 0.2) is 5.76 Å². The maximum atomic E-state index is 6.29. The van der Waals surface area contributed by atoms with E-state index >= 15 is 0 Å². The Balaban J connectivity index is 2.91. The van der Waals surface area contributed by atoms with Crippen LogP contribution in [0.1, 0.15) is 52.9 Å². The predicted molar refractivity (Wildman–Crippen MR) is 91.3 cm³/mol. The van der Waals surface area contributed by atoms with Gasteiger partial charge in [-0.1, -0.05) is 32.9 Å². The second kappa shape index (κ2) is 10.1. The molecule has 0 fully saturated rings. The Bertz CT molecular complexity index is 341. The molecule has 0 radical (unpaired) electrons. The Morgan fingerprint density at radius 3 is 2.48 bits per heavy atom. The standard InChI is InChI=1S/C17H32O3Si/c1-4-11-18-14-16(19-12-5-2)17(21,20-13-6-3)15-9-7-8-10-15/h7,9,14-15H,4-6,8,10-13H2,1-3,21H3. The van der Waals surface area contributed by atoms with Crippen LogP contribution in [0, 0.1) is 5.92 Å². The largest absolute Gasteiger partial charge is 0.498 e. The molecule has 122 valence electrons. The van der Waals surface area contributed by atoms with Crippen LogP contribution in [0.3, 0.4) is 0 Å². The molecule has 0 aromatic carbocycles. The quantitative estimate of drug-likeness (QED) is 0.254. The van der Waals surface area contributed by atoms with Crippen LogP contribution in [0.2, 0.25) is 0 Å². The monoisotopic (exact) mass is 312 g/mol. The highest BCUT2D eigenvalue weighted by Crippen LogP contribution is 2.36. The van der Waals surface area contributed by atoms with Gasteiger partial charge in [-0.3, -0.25) is 0 Å². The SMILES string of the molecule is CCCOC=C(OCCC)C([SiH3])(OCCC)C1C=CCC1. The molecule has 2 atom stereocenters. The van der Waals surface area contributed by atoms with Gasteiger partial charge in [0.05, 0.1) is 23.5 Å². The molecule has 0 saturated heterocycles. The second-order valence-electron chi connectivity index (χ2n) is 5.77. The van der Waals surface area contributed by atoms with E-state index in [4.69, 9.17) is 14.2 Å². The summed E-state index contributed by atoms with van der Waals surface area (Å²) in [6.07, 6.45) is 11.7. The van der Waals surface area contributed by atoms with Gasteiger partial charge in [-0.25, -0.2) is 0 Å². The second-order valence-corrected chi connectivity index (χ2v) is 7.25. The lowest BCUT2D eigenvalue weighted by Crippen LogP contribution is -2.43. The lowest BCUT2D eigenvalue weighted by molar-refractivity contribution is -0.0297. The first-order valence-corrected chi connectivity index (χ1v) is 9.44. The summed E-state index contributed by atoms with van der Waals surface area (Å²) in [5.74, 6) is 1.32. The number of ether oxygens (including phenoxy) is 3. The molecule has 21 heavy (non-hydrogen) atoms. The molecule has 2 unspecified atom stereocenters. The van der Waals surface area contributed by atoms with E-state index < -0.39 is 0 Å². The summed E-state index contributed by atoms with van der Waals surface area (Å²) in [5, 5.41) is -0.286. The molecular weight excluding hydrogens is 280 g/mol. The summed E-state index contributed by atoms with van der Waals surface area (Å²) in [6.45, 7) is 8.61. The van der Waals surface area contributed by atoms with E-state index in [0.29, 0.717) is 5.92 Å². The number of allylic oxidation sites excluding steroid dienone is 1. The number of rotatable bonds is 11. The molecule has 0 heterocycles. The molecule has 0 aromatic rings. The third-order valence-corrected chi connectivity index (χ3v) is 5.31. The van der Waals surface area contributed by atoms with Crippen LogP contribution in [-0.2, 0) is 14.2 Å². The lowest BCUT2D eigenvalue weighted by atomic mass is 9.99. The van der Waals surface area contributed by atoms with Crippen molar-refractivity contribution in [2.45, 2.75) is 58.1 Å². The predicted octanol–water partition coefficient (Wildman–Crippen LogP) is 3.14. The average Bonchev–Trinajstić information content (AvgIpc) is 3.03. The number of hydrogen-bond acceptors (Lipinski definition) is 3. The van der Waals surface area contributed by atoms with E-state index in [1.54, 1.807) is 0 Å². The highest BCUT2D eigenvalue weighted by atomic mass is 28.1. The van der Waals surface area contributed by atoms with Crippen molar-refractivity contribution in [2.24, 2.45) is 5.92 Å². The zero-order valence-electron chi connectivity index (χ0n) is 14.2. The first-order chi connectivity index (χ1) is 10.2. The molecule has 4 heteroatoms. The van der Waals surface area contributed by atoms with E-state index in [0.717, 1.165) is 67.9 Å². The molecule has 1 aliphatic carbocycles. The molecule has 0 saturated carbocycles. The third-order valence-electron chi connectivity index (χ3n) is 3.79. The van der Waals surface area contributed by atoms with Gasteiger partial charge in [0.1, 0.15) is 11.5 Å². The van der Waals surface area contributed by atoms with E-state index in [9.17, 15) is 0 Å². The van der Waals surface area contributed by atoms with Crippen LogP contribution < -0.4 is 0 Å². The van der Waals surface area contributed by atoms with Gasteiger partial charge in [-0.2, -0.15) is 0 Å². The summed E-state index contributed by atoms with van der Waals surface area (Å²) < 4.78 is 18.0. The zero-order valence-corrected chi connectivity index (χ0v) is 16.2. The normalized spacial score (nSPS) is 21.5. The van der Waals surface area contributed by atoms with Crippen molar-refractivity contribution in [3.05, 3.63) is 24.2 Å². The highest BCUT2D eigenvalue weighted by molar-refractivity contribution is 6.17. The van der Waals surface area contributed by atoms with Crippen LogP contribution in [0.5, 0.6) is 0 Å². The van der Waals surface area contributed by atoms with Crippen LogP contribution in [0.4, 0.5) is 0 Å². The Morgan fingerprint density at radius 1 is 1.19 bits per heavy atom. The average molecular weight is 313 g/mol. The highest BCUT2D eigenvalue weighted by Gasteiger charge is 2.40. The van der Waals surface area contributed by atoms with E-state index in [1.807, 2.05) is 6.26 Å². The van der Waals surface area contributed by atoms with Crippen molar-refractivity contribution in [3.8, 4) is 0 Å². The van der Waals surface area contributed by atoms with E-state index in [-0.39, 0.29) is 5.22 Å². The topological polar surface area (TPSA) is 27.7 Å². The third kappa shape index (κ3) is 5.51. The maximum absolute atomic E-state index is 6.29. The van der Waals surface area contributed by atoms with E-state index in [2.05, 4.69) is 32.9 Å². The van der Waals surface area contributed by atoms with Gasteiger partial charge in [0.2, 0.25) is 0 Å². The summed E-state index contributed by atoms with van der Waals surface area (Å²) in [5.41, 5.74) is 0. The van der Waals surface area contributed by atoms with Crippen molar-refractivity contribution in [3.63, 3.8) is 0 Å². The Kier molecular flexibility index (Phi) is 8.77. The molecule has 0 aliphatic heterocycles. The molecule has 0 N–H and O–H groups in total. The lowest BCUT2D eigenvalue weighted by Gasteiger charge is -2.36. The van der Waals surface area contributed by atoms with Crippen LogP contribution >= 0.6 is 0 Å². The van der Waals surface area contributed by atoms with Crippen LogP contribution in [-0.4, -0.2) is 35.3 Å². The van der Waals surface area contributed by atoms with Gasteiger partial charge in [-0.05, 0) is 32.1 Å². The Morgan fingerprint density at radius 2 is 1.90 bits per heavy atom. The minimum Gasteiger partial charge on any atom is -0.498 e. The molecule has 1 aliphatic rings. The molecule has 0 spiro atoms. The smallest absolute Gasteiger partial charge is 0.158 e. The van der Waals surface area contributed by atoms with Gasteiger partial charge < -0.3 is 14.2 Å². The number of hydrogen-bond donors (Lipinski definition) is 0. The van der Waals surface area contributed by atoms with Crippen molar-refractivity contribution in [2.75, 3.05) is 19.8 Å². The van der Waals surface area contributed by atoms with Gasteiger partial charge in [-0.15, -0.1) is 0 Å². The van der Waals surface area contributed by atoms with Crippen LogP contribution in [0.25, 0.3) is 0 Å². The Labute approximate surface area is 133 Å². The zero-order chi connectivity index (χ0) is 15.6. The van der Waals surface area contributed by atoms with Crippen molar-refractivity contribution in [1.29, 1.82) is 0 Å². The minimum absolute atomic E-state index is 0.286. The molecule has 3 nitrogen and oxygen atoms in total. The molecule has 0 amide bonds. The summed E-state index contributed by atoms with van der Waals surface area (Å²) in [7, 11) is 0.897. The first kappa shape index (κ1) is 18.3.